The van der Waals surface area contributed by atoms with E-state index in [9.17, 15) is 0 Å². The molecule has 0 aromatic carbocycles. The van der Waals surface area contributed by atoms with Gasteiger partial charge in [0.15, 0.2) is 0 Å². The summed E-state index contributed by atoms with van der Waals surface area (Å²) in [6, 6.07) is 0.854. The van der Waals surface area contributed by atoms with E-state index in [0.29, 0.717) is 0 Å². The van der Waals surface area contributed by atoms with E-state index in [1.54, 1.807) is 0 Å². The van der Waals surface area contributed by atoms with Crippen molar-refractivity contribution in [1.29, 1.82) is 0 Å². The zero-order valence-electron chi connectivity index (χ0n) is 13.4. The van der Waals surface area contributed by atoms with E-state index in [4.69, 9.17) is 0 Å². The van der Waals surface area contributed by atoms with Gasteiger partial charge in [-0.15, -0.1) is 0 Å². The highest BCUT2D eigenvalue weighted by molar-refractivity contribution is 4.71. The molecule has 1 heteroatoms. The molecule has 0 radical (unpaired) electrons. The summed E-state index contributed by atoms with van der Waals surface area (Å²) < 4.78 is 0. The van der Waals surface area contributed by atoms with Crippen LogP contribution in [0.4, 0.5) is 0 Å². The minimum absolute atomic E-state index is 0.854. The molecule has 0 saturated heterocycles. The highest BCUT2D eigenvalue weighted by Gasteiger charge is 2.11. The largest absolute Gasteiger partial charge is 0.314 e. The van der Waals surface area contributed by atoms with Crippen LogP contribution in [-0.4, -0.2) is 12.6 Å². The van der Waals surface area contributed by atoms with Crippen molar-refractivity contribution < 1.29 is 0 Å². The van der Waals surface area contributed by atoms with Crippen LogP contribution in [0.5, 0.6) is 0 Å². The van der Waals surface area contributed by atoms with E-state index in [1.807, 2.05) is 0 Å². The summed E-state index contributed by atoms with van der Waals surface area (Å²) in [5.41, 5.74) is 0. The predicted molar refractivity (Wildman–Crippen MR) is 86.7 cm³/mol. The van der Waals surface area contributed by atoms with Crippen LogP contribution in [0.25, 0.3) is 0 Å². The standard InChI is InChI=1S/C18H37N/c1-2-3-4-5-6-7-8-9-10-14-17-19-18-15-12-11-13-16-18/h18-19H,2-17H2,1H3. The first-order chi connectivity index (χ1) is 9.43. The molecule has 0 amide bonds. The highest BCUT2D eigenvalue weighted by Crippen LogP contribution is 2.17. The summed E-state index contributed by atoms with van der Waals surface area (Å²) in [5.74, 6) is 0. The third-order valence-corrected chi connectivity index (χ3v) is 4.57. The maximum atomic E-state index is 3.75. The first kappa shape index (κ1) is 17.0. The Morgan fingerprint density at radius 3 is 1.79 bits per heavy atom. The molecule has 1 nitrogen and oxygen atoms in total. The smallest absolute Gasteiger partial charge is 0.00670 e. The minimum Gasteiger partial charge on any atom is -0.314 e. The van der Waals surface area contributed by atoms with Crippen LogP contribution in [0.1, 0.15) is 103 Å². The lowest BCUT2D eigenvalue weighted by Crippen LogP contribution is -2.31. The van der Waals surface area contributed by atoms with Gasteiger partial charge >= 0.3 is 0 Å². The SMILES string of the molecule is CCCCCCCCCCCCNC1CCCCC1. The van der Waals surface area contributed by atoms with Gasteiger partial charge in [0.05, 0.1) is 0 Å². The fourth-order valence-electron chi connectivity index (χ4n) is 3.23. The van der Waals surface area contributed by atoms with Crippen molar-refractivity contribution in [3.8, 4) is 0 Å². The van der Waals surface area contributed by atoms with Gasteiger partial charge in [0, 0.05) is 6.04 Å². The van der Waals surface area contributed by atoms with Gasteiger partial charge in [0.1, 0.15) is 0 Å². The molecule has 1 aliphatic rings. The molecule has 0 aromatic heterocycles. The number of unbranched alkanes of at least 4 members (excludes halogenated alkanes) is 9. The summed E-state index contributed by atoms with van der Waals surface area (Å²) in [5, 5.41) is 3.75. The first-order valence-electron chi connectivity index (χ1n) is 9.17. The Labute approximate surface area is 121 Å². The number of rotatable bonds is 12. The van der Waals surface area contributed by atoms with Crippen molar-refractivity contribution in [1.82, 2.24) is 5.32 Å². The minimum atomic E-state index is 0.854. The normalized spacial score (nSPS) is 16.9. The summed E-state index contributed by atoms with van der Waals surface area (Å²) in [6.45, 7) is 3.56. The zero-order chi connectivity index (χ0) is 13.6. The molecule has 1 saturated carbocycles. The van der Waals surface area contributed by atoms with Gasteiger partial charge in [-0.1, -0.05) is 84.0 Å². The van der Waals surface area contributed by atoms with Crippen molar-refractivity contribution in [3.05, 3.63) is 0 Å². The highest BCUT2D eigenvalue weighted by atomic mass is 14.9. The van der Waals surface area contributed by atoms with Gasteiger partial charge in [-0.25, -0.2) is 0 Å². The van der Waals surface area contributed by atoms with E-state index in [1.165, 1.54) is 103 Å². The summed E-state index contributed by atoms with van der Waals surface area (Å²) in [4.78, 5) is 0. The van der Waals surface area contributed by atoms with Crippen LogP contribution in [0.15, 0.2) is 0 Å². The fraction of sp³-hybridized carbons (Fsp3) is 1.00. The molecule has 0 atom stereocenters. The molecular formula is C18H37N. The maximum Gasteiger partial charge on any atom is 0.00670 e. The summed E-state index contributed by atoms with van der Waals surface area (Å²) >= 11 is 0. The van der Waals surface area contributed by atoms with Gasteiger partial charge in [-0.05, 0) is 25.8 Å². The van der Waals surface area contributed by atoms with Crippen LogP contribution >= 0.6 is 0 Å². The summed E-state index contributed by atoms with van der Waals surface area (Å²) in [7, 11) is 0. The van der Waals surface area contributed by atoms with Crippen molar-refractivity contribution in [2.75, 3.05) is 6.54 Å². The lowest BCUT2D eigenvalue weighted by Gasteiger charge is -2.22. The van der Waals surface area contributed by atoms with Crippen LogP contribution in [0.3, 0.4) is 0 Å². The van der Waals surface area contributed by atoms with Crippen molar-refractivity contribution in [3.63, 3.8) is 0 Å². The molecule has 0 aromatic rings. The third-order valence-electron chi connectivity index (χ3n) is 4.57. The van der Waals surface area contributed by atoms with Crippen LogP contribution in [0, 0.1) is 0 Å². The number of hydrogen-bond acceptors (Lipinski definition) is 1. The molecule has 1 aliphatic carbocycles. The molecule has 1 fully saturated rings. The second-order valence-corrected chi connectivity index (χ2v) is 6.47. The Morgan fingerprint density at radius 2 is 1.21 bits per heavy atom. The molecular weight excluding hydrogens is 230 g/mol. The fourth-order valence-corrected chi connectivity index (χ4v) is 3.23. The molecule has 1 rings (SSSR count). The Hall–Kier alpha value is -0.0400. The number of hydrogen-bond donors (Lipinski definition) is 1. The Bertz CT molecular complexity index is 173. The average Bonchev–Trinajstić information content (AvgIpc) is 2.46. The Morgan fingerprint density at radius 1 is 0.684 bits per heavy atom. The van der Waals surface area contributed by atoms with Gasteiger partial charge in [0.25, 0.3) is 0 Å². The number of nitrogens with one attached hydrogen (secondary N) is 1. The molecule has 0 bridgehead atoms. The van der Waals surface area contributed by atoms with Gasteiger partial charge in [-0.3, -0.25) is 0 Å². The van der Waals surface area contributed by atoms with Crippen molar-refractivity contribution >= 4 is 0 Å². The molecule has 0 unspecified atom stereocenters. The van der Waals surface area contributed by atoms with Gasteiger partial charge in [-0.2, -0.15) is 0 Å². The monoisotopic (exact) mass is 267 g/mol. The second-order valence-electron chi connectivity index (χ2n) is 6.47. The van der Waals surface area contributed by atoms with E-state index >= 15 is 0 Å². The van der Waals surface area contributed by atoms with E-state index < -0.39 is 0 Å². The molecule has 19 heavy (non-hydrogen) atoms. The average molecular weight is 268 g/mol. The zero-order valence-corrected chi connectivity index (χ0v) is 13.4. The van der Waals surface area contributed by atoms with Crippen LogP contribution in [0.2, 0.25) is 0 Å². The molecule has 1 N–H and O–H groups in total. The Balaban J connectivity index is 1.71. The Kier molecular flexibility index (Phi) is 11.6. The van der Waals surface area contributed by atoms with Gasteiger partial charge < -0.3 is 5.32 Å². The second kappa shape index (κ2) is 13.0. The van der Waals surface area contributed by atoms with Crippen molar-refractivity contribution in [2.45, 2.75) is 109 Å². The third kappa shape index (κ3) is 10.4. The summed E-state index contributed by atoms with van der Waals surface area (Å²) in [6.07, 6.45) is 21.7. The quantitative estimate of drug-likeness (QED) is 0.439. The molecule has 114 valence electrons. The lowest BCUT2D eigenvalue weighted by molar-refractivity contribution is 0.369. The van der Waals surface area contributed by atoms with E-state index in [-0.39, 0.29) is 0 Å². The first-order valence-corrected chi connectivity index (χ1v) is 9.17. The topological polar surface area (TPSA) is 12.0 Å². The van der Waals surface area contributed by atoms with Crippen LogP contribution in [-0.2, 0) is 0 Å². The van der Waals surface area contributed by atoms with Gasteiger partial charge in [0.2, 0.25) is 0 Å². The van der Waals surface area contributed by atoms with Crippen molar-refractivity contribution in [2.24, 2.45) is 0 Å². The van der Waals surface area contributed by atoms with Crippen LogP contribution < -0.4 is 5.32 Å². The lowest BCUT2D eigenvalue weighted by atomic mass is 9.95. The molecule has 0 aliphatic heterocycles. The maximum absolute atomic E-state index is 3.75. The van der Waals surface area contributed by atoms with E-state index in [2.05, 4.69) is 12.2 Å². The molecule has 0 heterocycles. The molecule has 0 spiro atoms. The van der Waals surface area contributed by atoms with E-state index in [0.717, 1.165) is 6.04 Å². The predicted octanol–water partition coefficient (Wildman–Crippen LogP) is 5.83.